The van der Waals surface area contributed by atoms with Gasteiger partial charge in [0.25, 0.3) is 0 Å². The zero-order chi connectivity index (χ0) is 22.8. The number of ether oxygens (including phenoxy) is 1. The van der Waals surface area contributed by atoms with E-state index in [0.717, 1.165) is 5.69 Å². The Balaban J connectivity index is 2.00. The van der Waals surface area contributed by atoms with E-state index in [1.54, 1.807) is 49.4 Å². The number of esters is 1. The second kappa shape index (κ2) is 9.02. The Morgan fingerprint density at radius 2 is 1.78 bits per heavy atom. The molecule has 0 saturated heterocycles. The lowest BCUT2D eigenvalue weighted by Gasteiger charge is -2.09. The molecule has 1 heterocycles. The molecule has 162 valence electrons. The van der Waals surface area contributed by atoms with Gasteiger partial charge in [-0.15, -0.1) is 5.11 Å². The molecule has 0 atom stereocenters. The van der Waals surface area contributed by atoms with Gasteiger partial charge >= 0.3 is 5.97 Å². The highest BCUT2D eigenvalue weighted by Gasteiger charge is 2.26. The van der Waals surface area contributed by atoms with Crippen molar-refractivity contribution in [1.82, 2.24) is 4.57 Å². The lowest BCUT2D eigenvalue weighted by molar-refractivity contribution is 0.0527. The number of carbonyl (C=O) groups is 1. The first kappa shape index (κ1) is 21.9. The fourth-order valence-electron chi connectivity index (χ4n) is 3.59. The van der Waals surface area contributed by atoms with Gasteiger partial charge in [-0.25, -0.2) is 4.79 Å². The quantitative estimate of drug-likeness (QED) is 0.243. The Kier molecular flexibility index (Phi) is 6.17. The first-order valence-electron chi connectivity index (χ1n) is 9.88. The van der Waals surface area contributed by atoms with E-state index in [1.165, 1.54) is 6.07 Å². The van der Waals surface area contributed by atoms with Gasteiger partial charge < -0.3 is 14.4 Å². The van der Waals surface area contributed by atoms with Gasteiger partial charge in [-0.2, -0.15) is 5.11 Å². The molecule has 0 aliphatic carbocycles. The van der Waals surface area contributed by atoms with Gasteiger partial charge in [-0.1, -0.05) is 29.3 Å². The summed E-state index contributed by atoms with van der Waals surface area (Å²) in [5, 5.41) is 20.7. The van der Waals surface area contributed by atoms with Crippen LogP contribution < -0.4 is 0 Å². The van der Waals surface area contributed by atoms with Crippen molar-refractivity contribution >= 4 is 51.4 Å². The van der Waals surface area contributed by atoms with Crippen LogP contribution in [-0.4, -0.2) is 22.2 Å². The minimum absolute atomic E-state index is 0.107. The number of fused-ring (bicyclic) bond motifs is 1. The van der Waals surface area contributed by atoms with Crippen LogP contribution in [-0.2, 0) is 4.74 Å². The van der Waals surface area contributed by atoms with Gasteiger partial charge in [0, 0.05) is 26.8 Å². The number of azo groups is 1. The first-order chi connectivity index (χ1) is 15.4. The molecule has 0 fully saturated rings. The fraction of sp³-hybridized carbons (Fsp3) is 0.125. The molecule has 1 aromatic heterocycles. The average molecular weight is 468 g/mol. The van der Waals surface area contributed by atoms with Crippen molar-refractivity contribution in [2.45, 2.75) is 13.8 Å². The fourth-order valence-corrected chi connectivity index (χ4v) is 3.90. The second-order valence-corrected chi connectivity index (χ2v) is 7.87. The molecule has 0 aliphatic rings. The standard InChI is InChI=1S/C24H19Cl2N3O3/c1-3-32-24(31)21-14(2)29(18-6-4-5-16(26)13-18)19-11-12-20(30)23(22(19)21)28-27-17-9-7-15(25)8-10-17/h4-13,30H,3H2,1-2H3. The maximum absolute atomic E-state index is 12.9. The molecule has 0 saturated carbocycles. The lowest BCUT2D eigenvalue weighted by atomic mass is 10.1. The minimum Gasteiger partial charge on any atom is -0.506 e. The summed E-state index contributed by atoms with van der Waals surface area (Å²) >= 11 is 12.1. The number of aromatic hydroxyl groups is 1. The highest BCUT2D eigenvalue weighted by molar-refractivity contribution is 6.31. The lowest BCUT2D eigenvalue weighted by Crippen LogP contribution is -2.07. The van der Waals surface area contributed by atoms with Crippen LogP contribution >= 0.6 is 23.2 Å². The Morgan fingerprint density at radius 3 is 2.47 bits per heavy atom. The number of rotatable bonds is 5. The van der Waals surface area contributed by atoms with Crippen molar-refractivity contribution in [3.8, 4) is 11.4 Å². The molecule has 6 nitrogen and oxygen atoms in total. The maximum atomic E-state index is 12.9. The number of hydrogen-bond acceptors (Lipinski definition) is 5. The summed E-state index contributed by atoms with van der Waals surface area (Å²) in [7, 11) is 0. The zero-order valence-corrected chi connectivity index (χ0v) is 18.9. The number of aromatic nitrogens is 1. The summed E-state index contributed by atoms with van der Waals surface area (Å²) in [6.07, 6.45) is 0. The molecule has 0 amide bonds. The number of carbonyl (C=O) groups excluding carboxylic acids is 1. The number of phenolic OH excluding ortho intramolecular Hbond substituents is 1. The van der Waals surface area contributed by atoms with Crippen LogP contribution in [0.25, 0.3) is 16.6 Å². The average Bonchev–Trinajstić information content (AvgIpc) is 3.06. The summed E-state index contributed by atoms with van der Waals surface area (Å²) in [6.45, 7) is 3.76. The smallest absolute Gasteiger partial charge is 0.340 e. The predicted octanol–water partition coefficient (Wildman–Crippen LogP) is 7.54. The Morgan fingerprint density at radius 1 is 1.03 bits per heavy atom. The molecule has 1 N–H and O–H groups in total. The summed E-state index contributed by atoms with van der Waals surface area (Å²) in [4.78, 5) is 12.9. The van der Waals surface area contributed by atoms with Gasteiger partial charge in [-0.3, -0.25) is 0 Å². The summed E-state index contributed by atoms with van der Waals surface area (Å²) in [5.41, 5.74) is 3.09. The molecule has 3 aromatic carbocycles. The van der Waals surface area contributed by atoms with E-state index in [2.05, 4.69) is 10.2 Å². The number of benzene rings is 3. The topological polar surface area (TPSA) is 76.2 Å². The minimum atomic E-state index is -0.510. The summed E-state index contributed by atoms with van der Waals surface area (Å²) < 4.78 is 7.20. The third-order valence-corrected chi connectivity index (χ3v) is 5.45. The van der Waals surface area contributed by atoms with Crippen LogP contribution in [0.2, 0.25) is 10.0 Å². The van der Waals surface area contributed by atoms with Crippen molar-refractivity contribution in [1.29, 1.82) is 0 Å². The number of halogens is 2. The molecule has 0 aliphatic heterocycles. The van der Waals surface area contributed by atoms with E-state index in [9.17, 15) is 9.90 Å². The SMILES string of the molecule is CCOC(=O)c1c(C)n(-c2cccc(Cl)c2)c2ccc(O)c(N=Nc3ccc(Cl)cc3)c12. The van der Waals surface area contributed by atoms with Crippen molar-refractivity contribution in [3.05, 3.63) is 82.0 Å². The zero-order valence-electron chi connectivity index (χ0n) is 17.3. The van der Waals surface area contributed by atoms with E-state index in [4.69, 9.17) is 27.9 Å². The third-order valence-electron chi connectivity index (χ3n) is 4.96. The molecule has 8 heteroatoms. The Bertz CT molecular complexity index is 1350. The molecule has 0 radical (unpaired) electrons. The van der Waals surface area contributed by atoms with Crippen LogP contribution in [0.3, 0.4) is 0 Å². The van der Waals surface area contributed by atoms with E-state index in [-0.39, 0.29) is 18.0 Å². The molecule has 0 bridgehead atoms. The number of hydrogen-bond donors (Lipinski definition) is 1. The van der Waals surface area contributed by atoms with E-state index >= 15 is 0 Å². The Labute approximate surface area is 194 Å². The second-order valence-electron chi connectivity index (χ2n) is 7.00. The van der Waals surface area contributed by atoms with Crippen LogP contribution in [0, 0.1) is 6.92 Å². The molecule has 4 rings (SSSR count). The largest absolute Gasteiger partial charge is 0.506 e. The van der Waals surface area contributed by atoms with Gasteiger partial charge in [0.1, 0.15) is 11.4 Å². The molecule has 0 unspecified atom stereocenters. The highest BCUT2D eigenvalue weighted by Crippen LogP contribution is 2.42. The van der Waals surface area contributed by atoms with Gasteiger partial charge in [-0.05, 0) is 68.4 Å². The van der Waals surface area contributed by atoms with E-state index in [0.29, 0.717) is 37.9 Å². The van der Waals surface area contributed by atoms with Crippen LogP contribution in [0.4, 0.5) is 11.4 Å². The number of nitrogens with zero attached hydrogens (tertiary/aromatic N) is 3. The molecule has 32 heavy (non-hydrogen) atoms. The third kappa shape index (κ3) is 4.07. The number of phenols is 1. The molecular formula is C24H19Cl2N3O3. The van der Waals surface area contributed by atoms with Crippen molar-refractivity contribution in [3.63, 3.8) is 0 Å². The Hall–Kier alpha value is -3.35. The molecular weight excluding hydrogens is 449 g/mol. The van der Waals surface area contributed by atoms with Crippen LogP contribution in [0.15, 0.2) is 70.9 Å². The van der Waals surface area contributed by atoms with Crippen molar-refractivity contribution < 1.29 is 14.6 Å². The van der Waals surface area contributed by atoms with E-state index < -0.39 is 5.97 Å². The van der Waals surface area contributed by atoms with E-state index in [1.807, 2.05) is 23.6 Å². The van der Waals surface area contributed by atoms with Crippen molar-refractivity contribution in [2.75, 3.05) is 6.61 Å². The molecule has 0 spiro atoms. The van der Waals surface area contributed by atoms with Crippen molar-refractivity contribution in [2.24, 2.45) is 10.2 Å². The summed E-state index contributed by atoms with van der Waals surface area (Å²) in [6, 6.07) is 17.3. The maximum Gasteiger partial charge on any atom is 0.340 e. The van der Waals surface area contributed by atoms with Gasteiger partial charge in [0.15, 0.2) is 0 Å². The molecule has 4 aromatic rings. The van der Waals surface area contributed by atoms with Gasteiger partial charge in [0.2, 0.25) is 0 Å². The predicted molar refractivity (Wildman–Crippen MR) is 126 cm³/mol. The van der Waals surface area contributed by atoms with Gasteiger partial charge in [0.05, 0.1) is 23.4 Å². The first-order valence-corrected chi connectivity index (χ1v) is 10.6. The van der Waals surface area contributed by atoms with Crippen LogP contribution in [0.5, 0.6) is 5.75 Å². The summed E-state index contributed by atoms with van der Waals surface area (Å²) in [5.74, 6) is -0.617. The van der Waals surface area contributed by atoms with Crippen LogP contribution in [0.1, 0.15) is 23.0 Å². The monoisotopic (exact) mass is 467 g/mol. The highest BCUT2D eigenvalue weighted by atomic mass is 35.5. The normalized spacial score (nSPS) is 11.4.